The number of amides is 1. The molecule has 2 heterocycles. The fourth-order valence-corrected chi connectivity index (χ4v) is 5.93. The summed E-state index contributed by atoms with van der Waals surface area (Å²) in [7, 11) is 0. The molecule has 1 aromatic heterocycles. The van der Waals surface area contributed by atoms with E-state index in [-0.39, 0.29) is 11.3 Å². The van der Waals surface area contributed by atoms with Gasteiger partial charge in [0.2, 0.25) is 0 Å². The fraction of sp³-hybridized carbons (Fsp3) is 0.281. The summed E-state index contributed by atoms with van der Waals surface area (Å²) in [5.74, 6) is -0.949. The van der Waals surface area contributed by atoms with Crippen molar-refractivity contribution in [3.8, 4) is 5.75 Å². The van der Waals surface area contributed by atoms with E-state index in [1.165, 1.54) is 21.8 Å². The Labute approximate surface area is 232 Å². The number of aryl methyl sites for hydroxylation is 2. The van der Waals surface area contributed by atoms with Gasteiger partial charge in [-0.05, 0) is 67.3 Å². The number of aliphatic hydroxyl groups is 1. The SMILES string of the molecule is CCCCCOc1ccc(/C(O)=C2\C(=O)C(=O)N(c3nc4ccc(CC)cc4s3)C2c2cccc(C)c2)cc1. The van der Waals surface area contributed by atoms with E-state index in [1.807, 2.05) is 43.3 Å². The maximum atomic E-state index is 13.5. The zero-order chi connectivity index (χ0) is 27.5. The summed E-state index contributed by atoms with van der Waals surface area (Å²) in [6.07, 6.45) is 4.09. The zero-order valence-electron chi connectivity index (χ0n) is 22.4. The van der Waals surface area contributed by atoms with E-state index in [0.29, 0.717) is 23.1 Å². The number of anilines is 1. The van der Waals surface area contributed by atoms with Gasteiger partial charge in [-0.2, -0.15) is 0 Å². The molecule has 1 aliphatic rings. The molecule has 6 nitrogen and oxygen atoms in total. The number of aliphatic hydroxyl groups excluding tert-OH is 1. The number of Topliss-reactive ketones (excluding diaryl/α,β-unsaturated/α-hetero) is 1. The maximum Gasteiger partial charge on any atom is 0.301 e. The second kappa shape index (κ2) is 11.4. The number of thiazole rings is 1. The molecule has 5 rings (SSSR count). The Morgan fingerprint density at radius 1 is 1.03 bits per heavy atom. The van der Waals surface area contributed by atoms with E-state index in [9.17, 15) is 14.7 Å². The lowest BCUT2D eigenvalue weighted by molar-refractivity contribution is -0.132. The summed E-state index contributed by atoms with van der Waals surface area (Å²) in [6, 6.07) is 19.9. The quantitative estimate of drug-likeness (QED) is 0.104. The molecule has 0 spiro atoms. The fourth-order valence-electron chi connectivity index (χ4n) is 4.87. The Hall–Kier alpha value is -3.97. The van der Waals surface area contributed by atoms with E-state index >= 15 is 0 Å². The van der Waals surface area contributed by atoms with Gasteiger partial charge in [0.15, 0.2) is 5.13 Å². The third-order valence-electron chi connectivity index (χ3n) is 7.00. The number of ketones is 1. The molecule has 0 radical (unpaired) electrons. The van der Waals surface area contributed by atoms with Gasteiger partial charge in [0, 0.05) is 5.56 Å². The van der Waals surface area contributed by atoms with Crippen molar-refractivity contribution >= 4 is 44.1 Å². The van der Waals surface area contributed by atoms with Gasteiger partial charge in [0.1, 0.15) is 11.5 Å². The van der Waals surface area contributed by atoms with Crippen LogP contribution in [0.2, 0.25) is 0 Å². The summed E-state index contributed by atoms with van der Waals surface area (Å²) in [5.41, 5.74) is 4.17. The predicted octanol–water partition coefficient (Wildman–Crippen LogP) is 7.36. The average molecular weight is 541 g/mol. The van der Waals surface area contributed by atoms with Gasteiger partial charge in [0.25, 0.3) is 5.78 Å². The van der Waals surface area contributed by atoms with Crippen molar-refractivity contribution in [2.75, 3.05) is 11.5 Å². The molecule has 1 unspecified atom stereocenters. The van der Waals surface area contributed by atoms with Crippen LogP contribution in [0.25, 0.3) is 16.0 Å². The lowest BCUT2D eigenvalue weighted by atomic mass is 9.94. The van der Waals surface area contributed by atoms with E-state index in [2.05, 4.69) is 19.9 Å². The van der Waals surface area contributed by atoms with E-state index < -0.39 is 17.7 Å². The number of unbranched alkanes of at least 4 members (excludes halogenated alkanes) is 2. The number of aromatic nitrogens is 1. The van der Waals surface area contributed by atoms with Gasteiger partial charge in [-0.1, -0.05) is 73.9 Å². The van der Waals surface area contributed by atoms with Crippen molar-refractivity contribution in [3.63, 3.8) is 0 Å². The monoisotopic (exact) mass is 540 g/mol. The van der Waals surface area contributed by atoms with Gasteiger partial charge >= 0.3 is 5.91 Å². The predicted molar refractivity (Wildman–Crippen MR) is 156 cm³/mol. The molecule has 39 heavy (non-hydrogen) atoms. The molecule has 1 amide bonds. The van der Waals surface area contributed by atoms with Crippen LogP contribution in [-0.4, -0.2) is 28.4 Å². The summed E-state index contributed by atoms with van der Waals surface area (Å²) in [6.45, 7) is 6.81. The number of ether oxygens (including phenoxy) is 1. The number of hydrogen-bond donors (Lipinski definition) is 1. The van der Waals surface area contributed by atoms with Crippen LogP contribution in [-0.2, 0) is 16.0 Å². The Morgan fingerprint density at radius 2 is 1.82 bits per heavy atom. The molecule has 1 fully saturated rings. The molecule has 3 aromatic carbocycles. The normalized spacial score (nSPS) is 16.8. The average Bonchev–Trinajstić information content (AvgIpc) is 3.48. The van der Waals surface area contributed by atoms with Crippen LogP contribution in [0, 0.1) is 6.92 Å². The first kappa shape index (κ1) is 26.6. The summed E-state index contributed by atoms with van der Waals surface area (Å²) < 4.78 is 6.74. The van der Waals surface area contributed by atoms with Crippen molar-refractivity contribution in [2.24, 2.45) is 0 Å². The highest BCUT2D eigenvalue weighted by Gasteiger charge is 2.48. The number of nitrogens with zero attached hydrogens (tertiary/aromatic N) is 2. The van der Waals surface area contributed by atoms with Gasteiger partial charge in [-0.3, -0.25) is 14.5 Å². The van der Waals surface area contributed by atoms with Crippen molar-refractivity contribution in [1.29, 1.82) is 0 Å². The Kier molecular flexibility index (Phi) is 7.79. The third-order valence-corrected chi connectivity index (χ3v) is 8.02. The molecule has 1 atom stereocenters. The van der Waals surface area contributed by atoms with Crippen LogP contribution in [0.5, 0.6) is 5.75 Å². The molecule has 4 aromatic rings. The van der Waals surface area contributed by atoms with Crippen molar-refractivity contribution in [2.45, 2.75) is 52.5 Å². The third kappa shape index (κ3) is 5.32. The second-order valence-electron chi connectivity index (χ2n) is 9.82. The first-order valence-electron chi connectivity index (χ1n) is 13.4. The summed E-state index contributed by atoms with van der Waals surface area (Å²) in [5, 5.41) is 11.9. The zero-order valence-corrected chi connectivity index (χ0v) is 23.3. The number of rotatable bonds is 9. The number of carbonyl (C=O) groups is 2. The van der Waals surface area contributed by atoms with Crippen molar-refractivity contribution < 1.29 is 19.4 Å². The van der Waals surface area contributed by atoms with Crippen molar-refractivity contribution in [3.05, 3.63) is 94.6 Å². The Balaban J connectivity index is 1.57. The Bertz CT molecular complexity index is 1550. The van der Waals surface area contributed by atoms with Crippen LogP contribution in [0.3, 0.4) is 0 Å². The highest BCUT2D eigenvalue weighted by atomic mass is 32.1. The largest absolute Gasteiger partial charge is 0.507 e. The molecule has 0 aliphatic carbocycles. The molecule has 1 aliphatic heterocycles. The number of fused-ring (bicyclic) bond motifs is 1. The molecule has 0 saturated carbocycles. The number of hydrogen-bond acceptors (Lipinski definition) is 6. The minimum absolute atomic E-state index is 0.0516. The maximum absolute atomic E-state index is 13.5. The minimum atomic E-state index is -0.805. The van der Waals surface area contributed by atoms with Gasteiger partial charge in [0.05, 0.1) is 28.4 Å². The van der Waals surface area contributed by atoms with E-state index in [4.69, 9.17) is 9.72 Å². The second-order valence-corrected chi connectivity index (χ2v) is 10.8. The first-order chi connectivity index (χ1) is 18.9. The van der Waals surface area contributed by atoms with E-state index in [1.54, 1.807) is 24.3 Å². The van der Waals surface area contributed by atoms with Crippen LogP contribution < -0.4 is 9.64 Å². The number of benzene rings is 3. The minimum Gasteiger partial charge on any atom is -0.507 e. The highest BCUT2D eigenvalue weighted by molar-refractivity contribution is 7.22. The van der Waals surface area contributed by atoms with Gasteiger partial charge < -0.3 is 9.84 Å². The van der Waals surface area contributed by atoms with Crippen LogP contribution in [0.4, 0.5) is 5.13 Å². The molecule has 200 valence electrons. The number of carbonyl (C=O) groups excluding carboxylic acids is 2. The molecule has 1 saturated heterocycles. The smallest absolute Gasteiger partial charge is 0.301 e. The lowest BCUT2D eigenvalue weighted by Crippen LogP contribution is -2.29. The van der Waals surface area contributed by atoms with Crippen molar-refractivity contribution in [1.82, 2.24) is 4.98 Å². The van der Waals surface area contributed by atoms with Crippen LogP contribution in [0.15, 0.2) is 72.3 Å². The van der Waals surface area contributed by atoms with Gasteiger partial charge in [-0.15, -0.1) is 0 Å². The molecular formula is C32H32N2O4S. The molecular weight excluding hydrogens is 508 g/mol. The summed E-state index contributed by atoms with van der Waals surface area (Å²) in [4.78, 5) is 33.2. The highest BCUT2D eigenvalue weighted by Crippen LogP contribution is 2.44. The first-order valence-corrected chi connectivity index (χ1v) is 14.2. The summed E-state index contributed by atoms with van der Waals surface area (Å²) >= 11 is 1.38. The van der Waals surface area contributed by atoms with Gasteiger partial charge in [-0.25, -0.2) is 4.98 Å². The van der Waals surface area contributed by atoms with Crippen LogP contribution >= 0.6 is 11.3 Å². The lowest BCUT2D eigenvalue weighted by Gasteiger charge is -2.23. The molecule has 0 bridgehead atoms. The topological polar surface area (TPSA) is 79.7 Å². The molecule has 7 heteroatoms. The van der Waals surface area contributed by atoms with E-state index in [0.717, 1.165) is 47.0 Å². The standard InChI is InChI=1S/C32H32N2O4S/c1-4-6-7-17-38-24-14-12-22(13-15-24)29(35)27-28(23-10-8-9-20(3)18-23)34(31(37)30(27)36)32-33-25-16-11-21(5-2)19-26(25)39-32/h8-16,18-19,28,35H,4-7,17H2,1-3H3/b29-27+. The Morgan fingerprint density at radius 3 is 2.54 bits per heavy atom. The van der Waals surface area contributed by atoms with Crippen LogP contribution in [0.1, 0.15) is 61.4 Å². The molecule has 1 N–H and O–H groups in total.